The fourth-order valence-electron chi connectivity index (χ4n) is 7.70. The molecule has 0 atom stereocenters. The van der Waals surface area contributed by atoms with Crippen LogP contribution in [-0.4, -0.2) is 61.9 Å². The van der Waals surface area contributed by atoms with Crippen molar-refractivity contribution in [2.75, 3.05) is 33.2 Å². The largest absolute Gasteiger partial charge is 0.338 e. The molecule has 2 amide bonds. The molecule has 1 heterocycles. The second-order valence-corrected chi connectivity index (χ2v) is 14.5. The summed E-state index contributed by atoms with van der Waals surface area (Å²) in [4.78, 5) is 19.6. The second-order valence-electron chi connectivity index (χ2n) is 12.5. The summed E-state index contributed by atoms with van der Waals surface area (Å²) in [6.45, 7) is 3.86. The molecule has 1 aromatic heterocycles. The zero-order chi connectivity index (χ0) is 27.5. The van der Waals surface area contributed by atoms with Crippen LogP contribution in [0.2, 0.25) is 0 Å². The van der Waals surface area contributed by atoms with Crippen LogP contribution in [0.4, 0.5) is 4.79 Å². The minimum absolute atomic E-state index is 0.0874. The van der Waals surface area contributed by atoms with Crippen molar-refractivity contribution in [1.29, 1.82) is 0 Å². The van der Waals surface area contributed by atoms with Crippen LogP contribution in [0, 0.1) is 30.1 Å². The Morgan fingerprint density at radius 2 is 1.56 bits per heavy atom. The molecule has 8 heteroatoms. The molecule has 39 heavy (non-hydrogen) atoms. The Bertz CT molecular complexity index is 1180. The smallest absolute Gasteiger partial charge is 0.317 e. The van der Waals surface area contributed by atoms with Gasteiger partial charge in [-0.3, -0.25) is 4.98 Å². The number of aryl methyl sites for hydroxylation is 2. The summed E-state index contributed by atoms with van der Waals surface area (Å²) >= 11 is 0. The maximum absolute atomic E-state index is 13.4. The lowest BCUT2D eigenvalue weighted by Crippen LogP contribution is -2.49. The fraction of sp³-hybridized carbons (Fsp3) is 0.613. The molecule has 4 fully saturated rings. The Kier molecular flexibility index (Phi) is 8.62. The summed E-state index contributed by atoms with van der Waals surface area (Å²) in [7, 11) is -2.00. The van der Waals surface area contributed by atoms with E-state index < -0.39 is 10.0 Å². The van der Waals surface area contributed by atoms with Gasteiger partial charge in [0.2, 0.25) is 10.0 Å². The summed E-state index contributed by atoms with van der Waals surface area (Å²) in [6.07, 6.45) is 14.5. The lowest BCUT2D eigenvalue weighted by Gasteiger charge is -2.57. The number of urea groups is 1. The van der Waals surface area contributed by atoms with Crippen LogP contribution in [0.1, 0.15) is 62.5 Å². The Hall–Kier alpha value is -2.45. The standard InChI is InChI=1S/C31H44N4O3S/c1-24-5-7-29(8-6-24)39(37,38)34(2)16-17-35(30(36)33-12-3-4-25-9-13-32-14-10-25)15-11-31-21-26-18-27(22-31)20-28(19-26)23-31/h5-10,13-14,26-28H,3-4,11-12,15-23H2,1-2H3,(H,33,36). The van der Waals surface area contributed by atoms with E-state index in [9.17, 15) is 13.2 Å². The molecule has 0 aliphatic heterocycles. The third-order valence-corrected chi connectivity index (χ3v) is 11.3. The number of rotatable bonds is 12. The van der Waals surface area contributed by atoms with Crippen LogP contribution >= 0.6 is 0 Å². The van der Waals surface area contributed by atoms with Gasteiger partial charge in [-0.1, -0.05) is 17.7 Å². The molecule has 2 aromatic rings. The minimum atomic E-state index is -3.61. The average molecular weight is 553 g/mol. The molecule has 4 saturated carbocycles. The lowest BCUT2D eigenvalue weighted by atomic mass is 9.49. The molecule has 6 rings (SSSR count). The van der Waals surface area contributed by atoms with Crippen molar-refractivity contribution in [1.82, 2.24) is 19.5 Å². The van der Waals surface area contributed by atoms with Crippen molar-refractivity contribution in [2.24, 2.45) is 23.2 Å². The second kappa shape index (κ2) is 12.0. The van der Waals surface area contributed by atoms with Crippen molar-refractivity contribution >= 4 is 16.1 Å². The summed E-state index contributed by atoms with van der Waals surface area (Å²) in [5.74, 6) is 2.62. The zero-order valence-corrected chi connectivity index (χ0v) is 24.3. The van der Waals surface area contributed by atoms with Crippen LogP contribution < -0.4 is 5.32 Å². The SMILES string of the molecule is Cc1ccc(S(=O)(=O)N(C)CCN(CCC23CC4CC(CC(C4)C2)C3)C(=O)NCCCc2ccncc2)cc1. The molecule has 0 radical (unpaired) electrons. The normalized spacial score (nSPS) is 25.7. The highest BCUT2D eigenvalue weighted by atomic mass is 32.2. The highest BCUT2D eigenvalue weighted by Crippen LogP contribution is 2.61. The molecule has 0 unspecified atom stereocenters. The highest BCUT2D eigenvalue weighted by Gasteiger charge is 2.50. The molecule has 7 nitrogen and oxygen atoms in total. The molecule has 4 aliphatic carbocycles. The number of carbonyl (C=O) groups excluding carboxylic acids is 1. The number of amides is 2. The first kappa shape index (κ1) is 28.1. The van der Waals surface area contributed by atoms with Gasteiger partial charge < -0.3 is 10.2 Å². The number of hydrogen-bond donors (Lipinski definition) is 1. The molecular weight excluding hydrogens is 508 g/mol. The van der Waals surface area contributed by atoms with E-state index in [1.807, 2.05) is 36.1 Å². The summed E-state index contributed by atoms with van der Waals surface area (Å²) in [6, 6.07) is 10.9. The number of carbonyl (C=O) groups is 1. The maximum Gasteiger partial charge on any atom is 0.317 e. The molecule has 4 bridgehead atoms. The molecule has 0 saturated heterocycles. The van der Waals surface area contributed by atoms with Crippen LogP contribution in [0.5, 0.6) is 0 Å². The predicted molar refractivity (Wildman–Crippen MR) is 154 cm³/mol. The molecule has 1 N–H and O–H groups in total. The number of nitrogens with zero attached hydrogens (tertiary/aromatic N) is 3. The molecule has 212 valence electrons. The van der Waals surface area contributed by atoms with E-state index in [0.717, 1.165) is 42.6 Å². The molecule has 4 aliphatic rings. The number of aromatic nitrogens is 1. The van der Waals surface area contributed by atoms with Crippen molar-refractivity contribution < 1.29 is 13.2 Å². The predicted octanol–water partition coefficient (Wildman–Crippen LogP) is 5.26. The Labute approximate surface area is 234 Å². The van der Waals surface area contributed by atoms with Gasteiger partial charge in [0, 0.05) is 45.6 Å². The maximum atomic E-state index is 13.4. The van der Waals surface area contributed by atoms with Crippen LogP contribution in [0.3, 0.4) is 0 Å². The van der Waals surface area contributed by atoms with Crippen LogP contribution in [-0.2, 0) is 16.4 Å². The number of likely N-dealkylation sites (N-methyl/N-ethyl adjacent to an activating group) is 1. The van der Waals surface area contributed by atoms with Crippen LogP contribution in [0.25, 0.3) is 0 Å². The minimum Gasteiger partial charge on any atom is -0.338 e. The Morgan fingerprint density at radius 1 is 0.949 bits per heavy atom. The van der Waals surface area contributed by atoms with Gasteiger partial charge in [0.05, 0.1) is 4.90 Å². The van der Waals surface area contributed by atoms with E-state index in [0.29, 0.717) is 25.0 Å². The molecule has 1 aromatic carbocycles. The van der Waals surface area contributed by atoms with Crippen molar-refractivity contribution in [3.05, 3.63) is 59.9 Å². The number of benzene rings is 1. The van der Waals surface area contributed by atoms with Gasteiger partial charge in [-0.05, 0) is 118 Å². The summed E-state index contributed by atoms with van der Waals surface area (Å²) in [5.41, 5.74) is 2.60. The highest BCUT2D eigenvalue weighted by molar-refractivity contribution is 7.89. The lowest BCUT2D eigenvalue weighted by molar-refractivity contribution is -0.0596. The van der Waals surface area contributed by atoms with Gasteiger partial charge in [0.25, 0.3) is 0 Å². The van der Waals surface area contributed by atoms with E-state index >= 15 is 0 Å². The number of hydrogen-bond acceptors (Lipinski definition) is 4. The Balaban J connectivity index is 1.20. The van der Waals surface area contributed by atoms with Gasteiger partial charge in [0.15, 0.2) is 0 Å². The van der Waals surface area contributed by atoms with E-state index in [-0.39, 0.29) is 17.5 Å². The average Bonchev–Trinajstić information content (AvgIpc) is 2.91. The van der Waals surface area contributed by atoms with Gasteiger partial charge >= 0.3 is 6.03 Å². The first-order chi connectivity index (χ1) is 18.7. The van der Waals surface area contributed by atoms with Gasteiger partial charge in [0.1, 0.15) is 0 Å². The first-order valence-electron chi connectivity index (χ1n) is 14.7. The molecule has 0 spiro atoms. The van der Waals surface area contributed by atoms with Crippen LogP contribution in [0.15, 0.2) is 53.7 Å². The quantitative estimate of drug-likeness (QED) is 0.364. The third-order valence-electron chi connectivity index (χ3n) is 9.45. The monoisotopic (exact) mass is 552 g/mol. The van der Waals surface area contributed by atoms with E-state index in [2.05, 4.69) is 10.3 Å². The first-order valence-corrected chi connectivity index (χ1v) is 16.1. The number of pyridine rings is 1. The van der Waals surface area contributed by atoms with E-state index in [4.69, 9.17) is 0 Å². The Morgan fingerprint density at radius 3 is 2.18 bits per heavy atom. The molecular formula is C31H44N4O3S. The van der Waals surface area contributed by atoms with Crippen molar-refractivity contribution in [3.63, 3.8) is 0 Å². The van der Waals surface area contributed by atoms with Crippen molar-refractivity contribution in [2.45, 2.75) is 69.6 Å². The third kappa shape index (κ3) is 6.83. The van der Waals surface area contributed by atoms with Gasteiger partial charge in [-0.2, -0.15) is 4.31 Å². The van der Waals surface area contributed by atoms with Crippen molar-refractivity contribution in [3.8, 4) is 0 Å². The summed E-state index contributed by atoms with van der Waals surface area (Å²) < 4.78 is 27.7. The van der Waals surface area contributed by atoms with Gasteiger partial charge in [-0.25, -0.2) is 13.2 Å². The zero-order valence-electron chi connectivity index (χ0n) is 23.5. The van der Waals surface area contributed by atoms with E-state index in [1.165, 1.54) is 48.4 Å². The summed E-state index contributed by atoms with van der Waals surface area (Å²) in [5, 5.41) is 3.12. The fourth-order valence-corrected chi connectivity index (χ4v) is 8.87. The number of sulfonamides is 1. The van der Waals surface area contributed by atoms with Gasteiger partial charge in [-0.15, -0.1) is 0 Å². The van der Waals surface area contributed by atoms with E-state index in [1.54, 1.807) is 31.6 Å². The topological polar surface area (TPSA) is 82.6 Å². The number of nitrogens with one attached hydrogen (secondary N) is 1.